The fraction of sp³-hybridized carbons (Fsp3) is 0. The predicted molar refractivity (Wildman–Crippen MR) is 85.8 cm³/mol. The average molecular weight is 333 g/mol. The van der Waals surface area contributed by atoms with Crippen LogP contribution in [0.15, 0.2) is 54.7 Å². The molecule has 0 unspecified atom stereocenters. The standard InChI is InChI=1S/C15H10Cl2N4O/c16-10-6-11(17)8-12(7-10)18-15(22)14-9-21(20-19-14)13-4-2-1-3-5-13/h1-9H,(H,18,22). The molecule has 1 amide bonds. The van der Waals surface area contributed by atoms with E-state index >= 15 is 0 Å². The van der Waals surface area contributed by atoms with Gasteiger partial charge in [-0.3, -0.25) is 4.79 Å². The Morgan fingerprint density at radius 2 is 1.73 bits per heavy atom. The van der Waals surface area contributed by atoms with Gasteiger partial charge in [-0.25, -0.2) is 4.68 Å². The molecular weight excluding hydrogens is 323 g/mol. The highest BCUT2D eigenvalue weighted by Gasteiger charge is 2.12. The second-order valence-electron chi connectivity index (χ2n) is 4.50. The van der Waals surface area contributed by atoms with Crippen molar-refractivity contribution in [2.45, 2.75) is 0 Å². The van der Waals surface area contributed by atoms with Crippen molar-refractivity contribution in [3.8, 4) is 5.69 Å². The maximum atomic E-state index is 12.2. The van der Waals surface area contributed by atoms with Gasteiger partial charge in [0, 0.05) is 15.7 Å². The van der Waals surface area contributed by atoms with Crippen LogP contribution in [-0.2, 0) is 0 Å². The second-order valence-corrected chi connectivity index (χ2v) is 5.37. The summed E-state index contributed by atoms with van der Waals surface area (Å²) in [6.07, 6.45) is 1.55. The number of amides is 1. The third-order valence-corrected chi connectivity index (χ3v) is 3.30. The van der Waals surface area contributed by atoms with Gasteiger partial charge >= 0.3 is 0 Å². The van der Waals surface area contributed by atoms with Crippen molar-refractivity contribution in [3.05, 3.63) is 70.5 Å². The summed E-state index contributed by atoms with van der Waals surface area (Å²) in [6.45, 7) is 0. The van der Waals surface area contributed by atoms with Gasteiger partial charge in [0.1, 0.15) is 0 Å². The lowest BCUT2D eigenvalue weighted by Gasteiger charge is -2.04. The van der Waals surface area contributed by atoms with E-state index in [4.69, 9.17) is 23.2 Å². The molecule has 1 aromatic heterocycles. The number of nitrogens with one attached hydrogen (secondary N) is 1. The van der Waals surface area contributed by atoms with Gasteiger partial charge in [-0.2, -0.15) is 0 Å². The SMILES string of the molecule is O=C(Nc1cc(Cl)cc(Cl)c1)c1cn(-c2ccccc2)nn1. The molecule has 7 heteroatoms. The molecule has 0 radical (unpaired) electrons. The van der Waals surface area contributed by atoms with Crippen molar-refractivity contribution in [1.82, 2.24) is 15.0 Å². The van der Waals surface area contributed by atoms with E-state index in [-0.39, 0.29) is 11.6 Å². The average Bonchev–Trinajstić information content (AvgIpc) is 2.97. The fourth-order valence-electron chi connectivity index (χ4n) is 1.90. The number of nitrogens with zero attached hydrogens (tertiary/aromatic N) is 3. The summed E-state index contributed by atoms with van der Waals surface area (Å²) in [4.78, 5) is 12.2. The monoisotopic (exact) mass is 332 g/mol. The molecule has 0 saturated carbocycles. The highest BCUT2D eigenvalue weighted by atomic mass is 35.5. The number of para-hydroxylation sites is 1. The Morgan fingerprint density at radius 3 is 2.41 bits per heavy atom. The Bertz CT molecular complexity index is 797. The van der Waals surface area contributed by atoms with Crippen LogP contribution in [0.5, 0.6) is 0 Å². The first kappa shape index (κ1) is 14.6. The van der Waals surface area contributed by atoms with Crippen LogP contribution < -0.4 is 5.32 Å². The van der Waals surface area contributed by atoms with Crippen LogP contribution in [0.1, 0.15) is 10.5 Å². The summed E-state index contributed by atoms with van der Waals surface area (Å²) < 4.78 is 1.53. The minimum absolute atomic E-state index is 0.194. The number of benzene rings is 2. The van der Waals surface area contributed by atoms with Gasteiger partial charge < -0.3 is 5.32 Å². The zero-order valence-electron chi connectivity index (χ0n) is 11.2. The van der Waals surface area contributed by atoms with Gasteiger partial charge in [-0.05, 0) is 30.3 Å². The normalized spacial score (nSPS) is 10.5. The molecule has 5 nitrogen and oxygen atoms in total. The van der Waals surface area contributed by atoms with E-state index in [9.17, 15) is 4.79 Å². The minimum atomic E-state index is -0.388. The smallest absolute Gasteiger partial charge is 0.277 e. The molecule has 0 aliphatic rings. The molecular formula is C15H10Cl2N4O. The van der Waals surface area contributed by atoms with E-state index < -0.39 is 0 Å². The lowest BCUT2D eigenvalue weighted by Crippen LogP contribution is -2.12. The number of aromatic nitrogens is 3. The number of carbonyl (C=O) groups is 1. The Balaban J connectivity index is 1.80. The highest BCUT2D eigenvalue weighted by Crippen LogP contribution is 2.22. The van der Waals surface area contributed by atoms with E-state index in [1.54, 1.807) is 24.4 Å². The van der Waals surface area contributed by atoms with E-state index in [2.05, 4.69) is 15.6 Å². The zero-order valence-corrected chi connectivity index (χ0v) is 12.7. The molecule has 1 N–H and O–H groups in total. The topological polar surface area (TPSA) is 59.8 Å². The van der Waals surface area contributed by atoms with Gasteiger partial charge in [0.15, 0.2) is 5.69 Å². The summed E-state index contributed by atoms with van der Waals surface area (Å²) >= 11 is 11.8. The Morgan fingerprint density at radius 1 is 1.05 bits per heavy atom. The number of carbonyl (C=O) groups excluding carboxylic acids is 1. The molecule has 3 aromatic rings. The molecule has 110 valence electrons. The maximum Gasteiger partial charge on any atom is 0.277 e. The molecule has 0 atom stereocenters. The van der Waals surface area contributed by atoms with Crippen LogP contribution in [0.3, 0.4) is 0 Å². The molecule has 0 aliphatic carbocycles. The molecule has 1 heterocycles. The van der Waals surface area contributed by atoms with Crippen LogP contribution >= 0.6 is 23.2 Å². The molecule has 2 aromatic carbocycles. The highest BCUT2D eigenvalue weighted by molar-refractivity contribution is 6.35. The summed E-state index contributed by atoms with van der Waals surface area (Å²) in [7, 11) is 0. The number of hydrogen-bond acceptors (Lipinski definition) is 3. The van der Waals surface area contributed by atoms with Crippen molar-refractivity contribution >= 4 is 34.8 Å². The largest absolute Gasteiger partial charge is 0.320 e. The second kappa shape index (κ2) is 6.17. The Labute approximate surface area is 136 Å². The molecule has 0 bridgehead atoms. The summed E-state index contributed by atoms with van der Waals surface area (Å²) in [5.74, 6) is -0.388. The first-order chi connectivity index (χ1) is 10.6. The summed E-state index contributed by atoms with van der Waals surface area (Å²) in [5, 5.41) is 11.4. The minimum Gasteiger partial charge on any atom is -0.320 e. The third-order valence-electron chi connectivity index (χ3n) is 2.87. The van der Waals surface area contributed by atoms with Crippen molar-refractivity contribution in [2.75, 3.05) is 5.32 Å². The van der Waals surface area contributed by atoms with Gasteiger partial charge in [0.25, 0.3) is 5.91 Å². The van der Waals surface area contributed by atoms with E-state index in [0.29, 0.717) is 15.7 Å². The zero-order chi connectivity index (χ0) is 15.5. The van der Waals surface area contributed by atoms with Crippen molar-refractivity contribution in [1.29, 1.82) is 0 Å². The van der Waals surface area contributed by atoms with E-state index in [0.717, 1.165) is 5.69 Å². The van der Waals surface area contributed by atoms with Gasteiger partial charge in [0.2, 0.25) is 0 Å². The van der Waals surface area contributed by atoms with Gasteiger partial charge in [-0.15, -0.1) is 5.10 Å². The third kappa shape index (κ3) is 3.27. The molecule has 3 rings (SSSR count). The van der Waals surface area contributed by atoms with E-state index in [1.165, 1.54) is 4.68 Å². The van der Waals surface area contributed by atoms with Gasteiger partial charge in [-0.1, -0.05) is 46.6 Å². The number of hydrogen-bond donors (Lipinski definition) is 1. The lowest BCUT2D eigenvalue weighted by molar-refractivity contribution is 0.102. The first-order valence-electron chi connectivity index (χ1n) is 6.37. The molecule has 0 saturated heterocycles. The van der Waals surface area contributed by atoms with Crippen molar-refractivity contribution < 1.29 is 4.79 Å². The lowest BCUT2D eigenvalue weighted by atomic mass is 10.3. The molecule has 0 aliphatic heterocycles. The quantitative estimate of drug-likeness (QED) is 0.792. The fourth-order valence-corrected chi connectivity index (χ4v) is 2.42. The Kier molecular flexibility index (Phi) is 4.09. The predicted octanol–water partition coefficient (Wildman–Crippen LogP) is 3.83. The summed E-state index contributed by atoms with van der Waals surface area (Å²) in [6, 6.07) is 14.2. The maximum absolute atomic E-state index is 12.2. The van der Waals surface area contributed by atoms with Crippen LogP contribution in [0, 0.1) is 0 Å². The number of halogens is 2. The van der Waals surface area contributed by atoms with Crippen LogP contribution in [0.25, 0.3) is 5.69 Å². The van der Waals surface area contributed by atoms with Crippen molar-refractivity contribution in [3.63, 3.8) is 0 Å². The molecule has 0 fully saturated rings. The molecule has 0 spiro atoms. The van der Waals surface area contributed by atoms with Crippen LogP contribution in [0.4, 0.5) is 5.69 Å². The van der Waals surface area contributed by atoms with E-state index in [1.807, 2.05) is 30.3 Å². The summed E-state index contributed by atoms with van der Waals surface area (Å²) in [5.41, 5.74) is 1.51. The first-order valence-corrected chi connectivity index (χ1v) is 7.12. The Hall–Kier alpha value is -2.37. The van der Waals surface area contributed by atoms with Crippen LogP contribution in [0.2, 0.25) is 10.0 Å². The number of anilines is 1. The van der Waals surface area contributed by atoms with Crippen molar-refractivity contribution in [2.24, 2.45) is 0 Å². The molecule has 22 heavy (non-hydrogen) atoms. The van der Waals surface area contributed by atoms with Gasteiger partial charge in [0.05, 0.1) is 11.9 Å². The number of rotatable bonds is 3. The van der Waals surface area contributed by atoms with Crippen LogP contribution in [-0.4, -0.2) is 20.9 Å².